The fraction of sp³-hybridized carbons (Fsp3) is 0.875. The van der Waals surface area contributed by atoms with Gasteiger partial charge in [0.2, 0.25) is 0 Å². The molecule has 0 amide bonds. The van der Waals surface area contributed by atoms with Gasteiger partial charge in [0.15, 0.2) is 0 Å². The fourth-order valence-corrected chi connectivity index (χ4v) is 0.919. The number of aliphatic carboxylic acids is 1. The van der Waals surface area contributed by atoms with Crippen LogP contribution in [0, 0.1) is 5.41 Å². The zero-order valence-corrected chi connectivity index (χ0v) is 7.74. The summed E-state index contributed by atoms with van der Waals surface area (Å²) in [5.74, 6) is -1.16. The van der Waals surface area contributed by atoms with Crippen molar-refractivity contribution in [2.45, 2.75) is 39.3 Å². The first kappa shape index (κ1) is 11.4. The lowest BCUT2D eigenvalue weighted by atomic mass is 9.87. The highest BCUT2D eigenvalue weighted by atomic mass is 16.4. The minimum Gasteiger partial charge on any atom is -0.480 e. The number of carbonyl (C=O) groups is 1. The van der Waals surface area contributed by atoms with Crippen LogP contribution < -0.4 is 5.73 Å². The lowest BCUT2D eigenvalue weighted by molar-refractivity contribution is -0.141. The third-order valence-electron chi connectivity index (χ3n) is 1.52. The van der Waals surface area contributed by atoms with Crippen LogP contribution in [0.1, 0.15) is 27.2 Å². The minimum absolute atomic E-state index is 0.105. The topological polar surface area (TPSA) is 83.5 Å². The van der Waals surface area contributed by atoms with E-state index in [1.807, 2.05) is 20.8 Å². The molecule has 4 nitrogen and oxygen atoms in total. The molecule has 0 aromatic carbocycles. The maximum Gasteiger partial charge on any atom is 0.323 e. The Morgan fingerprint density at radius 2 is 1.92 bits per heavy atom. The van der Waals surface area contributed by atoms with Crippen LogP contribution in [0.4, 0.5) is 0 Å². The van der Waals surface area contributed by atoms with Gasteiger partial charge in [-0.05, 0) is 11.8 Å². The molecule has 0 aromatic rings. The highest BCUT2D eigenvalue weighted by molar-refractivity contribution is 5.73. The predicted molar refractivity (Wildman–Crippen MR) is 45.7 cm³/mol. The van der Waals surface area contributed by atoms with Crippen molar-refractivity contribution in [1.82, 2.24) is 0 Å². The van der Waals surface area contributed by atoms with Crippen molar-refractivity contribution in [3.63, 3.8) is 0 Å². The van der Waals surface area contributed by atoms with Gasteiger partial charge >= 0.3 is 5.97 Å². The van der Waals surface area contributed by atoms with Crippen molar-refractivity contribution in [2.75, 3.05) is 0 Å². The van der Waals surface area contributed by atoms with Crippen molar-refractivity contribution in [3.8, 4) is 0 Å². The fourth-order valence-electron chi connectivity index (χ4n) is 0.919. The number of rotatable bonds is 3. The zero-order chi connectivity index (χ0) is 9.94. The van der Waals surface area contributed by atoms with Gasteiger partial charge in [-0.1, -0.05) is 20.8 Å². The Labute approximate surface area is 72.4 Å². The quantitative estimate of drug-likeness (QED) is 0.572. The van der Waals surface area contributed by atoms with Crippen LogP contribution in [0.3, 0.4) is 0 Å². The SMILES string of the molecule is CC(C)(C)C[C@@H](O)[C@H](N)C(=O)O. The van der Waals surface area contributed by atoms with Gasteiger partial charge in [0.25, 0.3) is 0 Å². The second-order valence-corrected chi connectivity index (χ2v) is 4.20. The lowest BCUT2D eigenvalue weighted by Gasteiger charge is -2.24. The van der Waals surface area contributed by atoms with Crippen LogP contribution in [0.2, 0.25) is 0 Å². The Kier molecular flexibility index (Phi) is 3.67. The molecule has 0 unspecified atom stereocenters. The van der Waals surface area contributed by atoms with Crippen LogP contribution >= 0.6 is 0 Å². The second-order valence-electron chi connectivity index (χ2n) is 4.20. The first-order chi connectivity index (χ1) is 5.24. The van der Waals surface area contributed by atoms with Gasteiger partial charge in [-0.25, -0.2) is 0 Å². The average Bonchev–Trinajstić information content (AvgIpc) is 1.82. The molecule has 0 aliphatic carbocycles. The number of aliphatic hydroxyl groups is 1. The predicted octanol–water partition coefficient (Wildman–Crippen LogP) is 0.195. The van der Waals surface area contributed by atoms with Gasteiger partial charge in [0, 0.05) is 0 Å². The second kappa shape index (κ2) is 3.87. The monoisotopic (exact) mass is 175 g/mol. The molecule has 12 heavy (non-hydrogen) atoms. The first-order valence-electron chi connectivity index (χ1n) is 3.90. The van der Waals surface area contributed by atoms with E-state index in [4.69, 9.17) is 10.8 Å². The molecule has 0 aliphatic rings. The summed E-state index contributed by atoms with van der Waals surface area (Å²) in [5, 5.41) is 17.8. The third-order valence-corrected chi connectivity index (χ3v) is 1.52. The summed E-state index contributed by atoms with van der Waals surface area (Å²) in [6.45, 7) is 5.76. The molecule has 0 heterocycles. The van der Waals surface area contributed by atoms with Gasteiger partial charge in [-0.2, -0.15) is 0 Å². The molecule has 0 aromatic heterocycles. The summed E-state index contributed by atoms with van der Waals surface area (Å²) in [6, 6.07) is -1.18. The van der Waals surface area contributed by atoms with Crippen molar-refractivity contribution in [2.24, 2.45) is 11.1 Å². The molecule has 0 fully saturated rings. The van der Waals surface area contributed by atoms with Crippen LogP contribution in [0.5, 0.6) is 0 Å². The highest BCUT2D eigenvalue weighted by Crippen LogP contribution is 2.21. The summed E-state index contributed by atoms with van der Waals surface area (Å²) in [6.07, 6.45) is -0.581. The average molecular weight is 175 g/mol. The summed E-state index contributed by atoms with van der Waals surface area (Å²) >= 11 is 0. The molecule has 72 valence electrons. The molecule has 0 spiro atoms. The number of hydrogen-bond donors (Lipinski definition) is 3. The van der Waals surface area contributed by atoms with E-state index in [0.29, 0.717) is 6.42 Å². The number of carboxylic acid groups (broad SMARTS) is 1. The first-order valence-corrected chi connectivity index (χ1v) is 3.90. The van der Waals surface area contributed by atoms with Crippen LogP contribution in [0.15, 0.2) is 0 Å². The number of hydrogen-bond acceptors (Lipinski definition) is 3. The normalized spacial score (nSPS) is 17.1. The molecule has 0 bridgehead atoms. The smallest absolute Gasteiger partial charge is 0.323 e. The van der Waals surface area contributed by atoms with E-state index in [-0.39, 0.29) is 5.41 Å². The third kappa shape index (κ3) is 4.31. The highest BCUT2D eigenvalue weighted by Gasteiger charge is 2.26. The number of nitrogens with two attached hydrogens (primary N) is 1. The summed E-state index contributed by atoms with van der Waals surface area (Å²) < 4.78 is 0. The Morgan fingerprint density at radius 3 is 2.17 bits per heavy atom. The van der Waals surface area contributed by atoms with Gasteiger partial charge in [-0.15, -0.1) is 0 Å². The van der Waals surface area contributed by atoms with Crippen molar-refractivity contribution in [1.29, 1.82) is 0 Å². The minimum atomic E-state index is -1.18. The summed E-state index contributed by atoms with van der Waals surface area (Å²) in [4.78, 5) is 10.3. The molecular formula is C8H17NO3. The van der Waals surface area contributed by atoms with Gasteiger partial charge < -0.3 is 15.9 Å². The Morgan fingerprint density at radius 1 is 1.50 bits per heavy atom. The van der Waals surface area contributed by atoms with E-state index in [1.165, 1.54) is 0 Å². The van der Waals surface area contributed by atoms with E-state index in [1.54, 1.807) is 0 Å². The molecule has 2 atom stereocenters. The van der Waals surface area contributed by atoms with E-state index in [0.717, 1.165) is 0 Å². The van der Waals surface area contributed by atoms with Gasteiger partial charge in [-0.3, -0.25) is 4.79 Å². The lowest BCUT2D eigenvalue weighted by Crippen LogP contribution is -2.43. The maximum absolute atomic E-state index is 10.3. The largest absolute Gasteiger partial charge is 0.480 e. The van der Waals surface area contributed by atoms with Crippen LogP contribution in [-0.4, -0.2) is 28.3 Å². The molecular weight excluding hydrogens is 158 g/mol. The van der Waals surface area contributed by atoms with E-state index in [9.17, 15) is 9.90 Å². The Bertz CT molecular complexity index is 162. The molecule has 0 aliphatic heterocycles. The maximum atomic E-state index is 10.3. The molecule has 4 N–H and O–H groups in total. The standard InChI is InChI=1S/C8H17NO3/c1-8(2,3)4-5(10)6(9)7(11)12/h5-6,10H,4,9H2,1-3H3,(H,11,12)/t5-,6+/m1/s1. The summed E-state index contributed by atoms with van der Waals surface area (Å²) in [7, 11) is 0. The van der Waals surface area contributed by atoms with Crippen molar-refractivity contribution in [3.05, 3.63) is 0 Å². The molecule has 0 radical (unpaired) electrons. The molecule has 0 rings (SSSR count). The van der Waals surface area contributed by atoms with E-state index >= 15 is 0 Å². The van der Waals surface area contributed by atoms with Crippen molar-refractivity contribution < 1.29 is 15.0 Å². The Balaban J connectivity index is 4.04. The number of carboxylic acids is 1. The van der Waals surface area contributed by atoms with E-state index in [2.05, 4.69) is 0 Å². The van der Waals surface area contributed by atoms with Crippen LogP contribution in [0.25, 0.3) is 0 Å². The Hall–Kier alpha value is -0.610. The van der Waals surface area contributed by atoms with E-state index < -0.39 is 18.1 Å². The van der Waals surface area contributed by atoms with Crippen molar-refractivity contribution >= 4 is 5.97 Å². The zero-order valence-electron chi connectivity index (χ0n) is 7.74. The summed E-state index contributed by atoms with van der Waals surface area (Å²) in [5.41, 5.74) is 5.11. The van der Waals surface area contributed by atoms with Gasteiger partial charge in [0.05, 0.1) is 6.10 Å². The van der Waals surface area contributed by atoms with Crippen LogP contribution in [-0.2, 0) is 4.79 Å². The molecule has 0 saturated heterocycles. The molecule has 4 heteroatoms. The van der Waals surface area contributed by atoms with Gasteiger partial charge in [0.1, 0.15) is 6.04 Å². The number of aliphatic hydroxyl groups excluding tert-OH is 1. The molecule has 0 saturated carbocycles.